The summed E-state index contributed by atoms with van der Waals surface area (Å²) >= 11 is 0. The van der Waals surface area contributed by atoms with Crippen molar-refractivity contribution in [1.82, 2.24) is 20.5 Å². The molecule has 1 saturated heterocycles. The molecule has 3 aromatic rings. The first-order valence-corrected chi connectivity index (χ1v) is 21.6. The molecule has 4 N–H and O–H groups in total. The second kappa shape index (κ2) is 19.9. The number of para-hydroxylation sites is 2. The maximum absolute atomic E-state index is 14.7. The van der Waals surface area contributed by atoms with Gasteiger partial charge in [0.2, 0.25) is 17.6 Å². The van der Waals surface area contributed by atoms with Gasteiger partial charge in [-0.05, 0) is 106 Å². The predicted octanol–water partition coefficient (Wildman–Crippen LogP) is 6.89. The summed E-state index contributed by atoms with van der Waals surface area (Å²) in [6.45, 7) is 1.10. The number of nitrogens with one attached hydrogen (secondary N) is 2. The lowest BCUT2D eigenvalue weighted by Crippen LogP contribution is -2.55. The zero-order chi connectivity index (χ0) is 39.6. The Morgan fingerprint density at radius 3 is 2.21 bits per heavy atom. The average Bonchev–Trinajstić information content (AvgIpc) is 4.02. The molecule has 3 aliphatic carbocycles. The van der Waals surface area contributed by atoms with E-state index < -0.39 is 35.9 Å². The third-order valence-corrected chi connectivity index (χ3v) is 12.8. The number of ether oxygens (including phenoxy) is 2. The number of carbonyl (C=O) groups is 4. The van der Waals surface area contributed by atoms with Crippen LogP contribution in [-0.2, 0) is 25.5 Å². The summed E-state index contributed by atoms with van der Waals surface area (Å²) in [5.74, 6) is -0.286. The summed E-state index contributed by atoms with van der Waals surface area (Å²) in [4.78, 5) is 62.8. The van der Waals surface area contributed by atoms with Crippen LogP contribution in [0.25, 0.3) is 11.1 Å². The van der Waals surface area contributed by atoms with Crippen LogP contribution in [-0.4, -0.2) is 83.6 Å². The van der Waals surface area contributed by atoms with Gasteiger partial charge < -0.3 is 35.2 Å². The van der Waals surface area contributed by atoms with Gasteiger partial charge in [0.15, 0.2) is 5.58 Å². The van der Waals surface area contributed by atoms with Crippen molar-refractivity contribution in [2.24, 2.45) is 23.5 Å². The summed E-state index contributed by atoms with van der Waals surface area (Å²) < 4.78 is 18.1. The molecule has 2 heterocycles. The van der Waals surface area contributed by atoms with Crippen LogP contribution in [0.5, 0.6) is 0 Å². The summed E-state index contributed by atoms with van der Waals surface area (Å²) in [5, 5.41) is 5.97. The zero-order valence-corrected chi connectivity index (χ0v) is 33.3. The van der Waals surface area contributed by atoms with Crippen LogP contribution in [0, 0.1) is 17.8 Å². The summed E-state index contributed by atoms with van der Waals surface area (Å²) in [7, 11) is 0. The smallest absolute Gasteiger partial charge is 0.407 e. The van der Waals surface area contributed by atoms with Crippen LogP contribution in [0.4, 0.5) is 4.79 Å². The van der Waals surface area contributed by atoms with Gasteiger partial charge in [0.25, 0.3) is 5.89 Å². The normalized spacial score (nSPS) is 24.3. The maximum atomic E-state index is 14.7. The minimum Gasteiger partial charge on any atom is -0.449 e. The first-order valence-electron chi connectivity index (χ1n) is 21.6. The first kappa shape index (κ1) is 40.9. The number of ketones is 1. The van der Waals surface area contributed by atoms with Crippen molar-refractivity contribution < 1.29 is 33.1 Å². The second-order valence-electron chi connectivity index (χ2n) is 17.1. The Morgan fingerprint density at radius 1 is 0.789 bits per heavy atom. The molecule has 1 aromatic heterocycles. The van der Waals surface area contributed by atoms with Crippen molar-refractivity contribution in [3.05, 3.63) is 66.1 Å². The Kier molecular flexibility index (Phi) is 14.3. The van der Waals surface area contributed by atoms with Crippen molar-refractivity contribution >= 4 is 34.8 Å². The molecule has 1 aliphatic heterocycles. The molecule has 0 radical (unpaired) electrons. The molecule has 0 bridgehead atoms. The van der Waals surface area contributed by atoms with E-state index in [1.807, 2.05) is 42.5 Å². The van der Waals surface area contributed by atoms with Crippen LogP contribution in [0.3, 0.4) is 0 Å². The van der Waals surface area contributed by atoms with Gasteiger partial charge in [0.1, 0.15) is 17.6 Å². The average molecular weight is 784 g/mol. The summed E-state index contributed by atoms with van der Waals surface area (Å²) in [6, 6.07) is 14.4. The molecular weight excluding hydrogens is 723 g/mol. The first-order chi connectivity index (χ1) is 27.8. The number of fused-ring (bicyclic) bond motifs is 1. The number of hydrogen-bond donors (Lipinski definition) is 3. The van der Waals surface area contributed by atoms with Crippen molar-refractivity contribution in [3.8, 4) is 0 Å². The quantitative estimate of drug-likeness (QED) is 0.131. The second-order valence-corrected chi connectivity index (χ2v) is 17.1. The minimum absolute atomic E-state index is 0.0525. The fourth-order valence-electron chi connectivity index (χ4n) is 9.39. The van der Waals surface area contributed by atoms with Crippen LogP contribution in [0.1, 0.15) is 119 Å². The number of hydrogen-bond acceptors (Lipinski definition) is 9. The van der Waals surface area contributed by atoms with E-state index in [9.17, 15) is 19.2 Å². The Balaban J connectivity index is 1.11. The molecule has 12 nitrogen and oxygen atoms in total. The fraction of sp³-hybridized carbons (Fsp3) is 0.622. The van der Waals surface area contributed by atoms with E-state index in [0.717, 1.165) is 69.8 Å². The van der Waals surface area contributed by atoms with Gasteiger partial charge in [0.05, 0.1) is 18.8 Å². The highest BCUT2D eigenvalue weighted by molar-refractivity contribution is 6.01. The third-order valence-electron chi connectivity index (χ3n) is 12.8. The lowest BCUT2D eigenvalue weighted by molar-refractivity contribution is -0.140. The van der Waals surface area contributed by atoms with Crippen LogP contribution in [0.15, 0.2) is 59.0 Å². The molecular formula is C45H61N5O7. The molecule has 4 fully saturated rings. The lowest BCUT2D eigenvalue weighted by Gasteiger charge is -2.31. The van der Waals surface area contributed by atoms with Crippen molar-refractivity contribution in [2.45, 2.75) is 139 Å². The summed E-state index contributed by atoms with van der Waals surface area (Å²) in [6.07, 6.45) is 14.1. The number of aryl methyl sites for hydroxylation is 1. The van der Waals surface area contributed by atoms with E-state index in [2.05, 4.69) is 15.6 Å². The standard InChI is InChI=1S/C45H61N5O7/c46-34-22-19-31(20-23-34)25-38(41(51)43-48-36-17-9-10-18-40(36)57-43)47-42(52)39-26-35(55-28-32-13-5-2-6-14-32)27-50(39)44(53)37(24-21-30-11-3-1-4-12-30)49-45(54)56-29-33-15-7-8-16-33/h1,3-4,9-12,17-18,31-35,37-39H,2,5-8,13-16,19-29,46H2,(H,47,52)(H,49,54)/t31?,34?,35-,37-,38+,39+/m1/s1. The van der Waals surface area contributed by atoms with Gasteiger partial charge in [-0.15, -0.1) is 0 Å². The van der Waals surface area contributed by atoms with Crippen molar-refractivity contribution in [2.75, 3.05) is 19.8 Å². The maximum Gasteiger partial charge on any atom is 0.407 e. The number of Topliss-reactive ketones (excluding diaryl/α,β-unsaturated/α-hetero) is 1. The van der Waals surface area contributed by atoms with Gasteiger partial charge in [-0.25, -0.2) is 9.78 Å². The lowest BCUT2D eigenvalue weighted by atomic mass is 9.82. The monoisotopic (exact) mass is 783 g/mol. The number of nitrogens with two attached hydrogens (primary N) is 1. The van der Waals surface area contributed by atoms with E-state index >= 15 is 0 Å². The van der Waals surface area contributed by atoms with Crippen LogP contribution in [0.2, 0.25) is 0 Å². The Bertz CT molecular complexity index is 1750. The third kappa shape index (κ3) is 11.2. The zero-order valence-electron chi connectivity index (χ0n) is 33.3. The molecule has 0 spiro atoms. The van der Waals surface area contributed by atoms with Crippen LogP contribution >= 0.6 is 0 Å². The number of rotatable bonds is 16. The number of oxazole rings is 1. The Morgan fingerprint density at radius 2 is 1.47 bits per heavy atom. The molecule has 12 heteroatoms. The predicted molar refractivity (Wildman–Crippen MR) is 216 cm³/mol. The highest BCUT2D eigenvalue weighted by atomic mass is 16.5. The SMILES string of the molecule is NC1CCC(C[C@H](NC(=O)[C@@H]2C[C@@H](OCC3CCCCC3)CN2C(=O)[C@@H](CCc2ccccc2)NC(=O)OCC2CCCC2)C(=O)c2nc3ccccc3o2)CC1. The number of alkyl carbamates (subject to hydrolysis) is 1. The van der Waals surface area contributed by atoms with E-state index in [1.54, 1.807) is 17.0 Å². The minimum atomic E-state index is -0.933. The van der Waals surface area contributed by atoms with E-state index in [4.69, 9.17) is 19.6 Å². The Labute approximate surface area is 336 Å². The van der Waals surface area contributed by atoms with Gasteiger partial charge in [-0.2, -0.15) is 0 Å². The molecule has 4 aliphatic rings. The molecule has 7 rings (SSSR count). The number of likely N-dealkylation sites (tertiary alicyclic amines) is 1. The molecule has 3 saturated carbocycles. The van der Waals surface area contributed by atoms with Gasteiger partial charge >= 0.3 is 6.09 Å². The highest BCUT2D eigenvalue weighted by Crippen LogP contribution is 2.31. The molecule has 2 aromatic carbocycles. The van der Waals surface area contributed by atoms with Crippen molar-refractivity contribution in [3.63, 3.8) is 0 Å². The number of aromatic nitrogens is 1. The molecule has 4 atom stereocenters. The number of nitrogens with zero attached hydrogens (tertiary/aromatic N) is 2. The number of benzene rings is 2. The van der Waals surface area contributed by atoms with Gasteiger partial charge in [0, 0.05) is 25.6 Å². The van der Waals surface area contributed by atoms with Gasteiger partial charge in [-0.3, -0.25) is 14.4 Å². The van der Waals surface area contributed by atoms with Crippen molar-refractivity contribution in [1.29, 1.82) is 0 Å². The van der Waals surface area contributed by atoms with E-state index in [0.29, 0.717) is 55.4 Å². The number of amides is 3. The molecule has 3 amide bonds. The largest absolute Gasteiger partial charge is 0.449 e. The Hall–Kier alpha value is -4.29. The molecule has 308 valence electrons. The highest BCUT2D eigenvalue weighted by Gasteiger charge is 2.44. The molecule has 57 heavy (non-hydrogen) atoms. The van der Waals surface area contributed by atoms with Gasteiger partial charge in [-0.1, -0.05) is 74.6 Å². The van der Waals surface area contributed by atoms with E-state index in [1.165, 1.54) is 19.3 Å². The summed E-state index contributed by atoms with van der Waals surface area (Å²) in [5.41, 5.74) is 8.32. The fourth-order valence-corrected chi connectivity index (χ4v) is 9.39. The van der Waals surface area contributed by atoms with Crippen LogP contribution < -0.4 is 16.4 Å². The number of carbonyl (C=O) groups excluding carboxylic acids is 4. The topological polar surface area (TPSA) is 166 Å². The van der Waals surface area contributed by atoms with E-state index in [-0.39, 0.29) is 42.8 Å². The molecule has 0 unspecified atom stereocenters.